The number of nitrogens with one attached hydrogen (secondary N) is 2. The van der Waals surface area contributed by atoms with Crippen LogP contribution in [0.15, 0.2) is 29.4 Å². The third-order valence-electron chi connectivity index (χ3n) is 3.40. The molecular weight excluding hydrogens is 342 g/mol. The van der Waals surface area contributed by atoms with E-state index in [9.17, 15) is 17.2 Å². The molecule has 0 amide bonds. The molecule has 0 aliphatic carbocycles. The summed E-state index contributed by atoms with van der Waals surface area (Å²) >= 11 is 0. The van der Waals surface area contributed by atoms with Crippen molar-refractivity contribution in [3.63, 3.8) is 0 Å². The maximum absolute atomic E-state index is 13.9. The lowest BCUT2D eigenvalue weighted by Gasteiger charge is -2.09. The van der Waals surface area contributed by atoms with Crippen LogP contribution in [0.2, 0.25) is 0 Å². The van der Waals surface area contributed by atoms with Gasteiger partial charge in [0, 0.05) is 6.20 Å². The number of hydrogen-bond acceptors (Lipinski definition) is 5. The lowest BCUT2D eigenvalue weighted by molar-refractivity contribution is 0.353. The summed E-state index contributed by atoms with van der Waals surface area (Å²) in [5.74, 6) is -1.04. The van der Waals surface area contributed by atoms with Crippen LogP contribution in [0.4, 0.5) is 20.3 Å². The van der Waals surface area contributed by atoms with Gasteiger partial charge >= 0.3 is 0 Å². The van der Waals surface area contributed by atoms with Crippen molar-refractivity contribution in [3.8, 4) is 6.07 Å². The van der Waals surface area contributed by atoms with E-state index < -0.39 is 27.5 Å². The van der Waals surface area contributed by atoms with Crippen LogP contribution in [0.1, 0.15) is 5.56 Å². The van der Waals surface area contributed by atoms with Crippen LogP contribution < -0.4 is 10.5 Å². The fraction of sp³-hybridized carbons (Fsp3) is 0.0769. The Morgan fingerprint density at radius 3 is 2.83 bits per heavy atom. The van der Waals surface area contributed by atoms with Crippen molar-refractivity contribution >= 4 is 32.4 Å². The Labute approximate surface area is 134 Å². The largest absolute Gasteiger partial charge is 0.383 e. The summed E-state index contributed by atoms with van der Waals surface area (Å²) in [6.07, 6.45) is 2.18. The second kappa shape index (κ2) is 5.50. The van der Waals surface area contributed by atoms with Gasteiger partial charge in [-0.1, -0.05) is 0 Å². The minimum atomic E-state index is -4.19. The van der Waals surface area contributed by atoms with E-state index in [1.54, 1.807) is 0 Å². The van der Waals surface area contributed by atoms with Crippen molar-refractivity contribution < 1.29 is 17.2 Å². The van der Waals surface area contributed by atoms with Crippen molar-refractivity contribution in [2.75, 3.05) is 10.5 Å². The van der Waals surface area contributed by atoms with Gasteiger partial charge in [-0.3, -0.25) is 4.72 Å². The molecule has 0 saturated carbocycles. The molecule has 8 nitrogen and oxygen atoms in total. The number of sulfonamides is 1. The first-order valence-corrected chi connectivity index (χ1v) is 7.97. The van der Waals surface area contributed by atoms with Gasteiger partial charge in [-0.2, -0.15) is 10.4 Å². The number of nitrogen functional groups attached to an aromatic ring is 1. The van der Waals surface area contributed by atoms with Gasteiger partial charge in [0.15, 0.2) is 6.80 Å². The zero-order chi connectivity index (χ0) is 17.5. The van der Waals surface area contributed by atoms with Gasteiger partial charge in [-0.05, 0) is 12.1 Å². The second-order valence-corrected chi connectivity index (χ2v) is 6.43. The Morgan fingerprint density at radius 2 is 2.21 bits per heavy atom. The number of aromatic amines is 1. The summed E-state index contributed by atoms with van der Waals surface area (Å²) in [6, 6.07) is 4.04. The van der Waals surface area contributed by atoms with Crippen LogP contribution in [0.25, 0.3) is 10.9 Å². The monoisotopic (exact) mass is 352 g/mol. The number of hydrogen-bond donors (Lipinski definition) is 3. The molecule has 1 aromatic carbocycles. The normalized spacial score (nSPS) is 11.5. The Balaban J connectivity index is 2.10. The van der Waals surface area contributed by atoms with Gasteiger partial charge in [0.2, 0.25) is 0 Å². The van der Waals surface area contributed by atoms with Crippen LogP contribution in [-0.2, 0) is 16.8 Å². The Kier molecular flexibility index (Phi) is 3.61. The molecule has 2 heterocycles. The maximum atomic E-state index is 13.9. The molecule has 0 aliphatic rings. The molecule has 124 valence electrons. The van der Waals surface area contributed by atoms with Crippen molar-refractivity contribution in [3.05, 3.63) is 35.9 Å². The number of rotatable bonds is 4. The summed E-state index contributed by atoms with van der Waals surface area (Å²) in [6.45, 7) is -1.08. The molecule has 2 aromatic heterocycles. The summed E-state index contributed by atoms with van der Waals surface area (Å²) in [7, 11) is -4.19. The fourth-order valence-corrected chi connectivity index (χ4v) is 3.40. The third kappa shape index (κ3) is 2.33. The molecular formula is C13H10F2N6O2S. The lowest BCUT2D eigenvalue weighted by atomic mass is 10.1. The standard InChI is InChI=1S/C13H10F2N6O2S/c14-6-21-13(17)10(5-19-21)24(22,23)20-9-2-1-8(15)11-7(3-16)4-18-12(9)11/h1-2,4-5,18,20H,6,17H2. The van der Waals surface area contributed by atoms with Gasteiger partial charge in [0.05, 0.1) is 28.4 Å². The van der Waals surface area contributed by atoms with Crippen molar-refractivity contribution in [1.29, 1.82) is 5.26 Å². The SMILES string of the molecule is N#Cc1c[nH]c2c(NS(=O)(=O)c3cnn(CF)c3N)ccc(F)c12. The molecule has 3 rings (SSSR count). The number of halogens is 2. The second-order valence-electron chi connectivity index (χ2n) is 4.78. The zero-order valence-corrected chi connectivity index (χ0v) is 12.7. The number of benzene rings is 1. The molecule has 24 heavy (non-hydrogen) atoms. The molecule has 0 fully saturated rings. The van der Waals surface area contributed by atoms with Gasteiger partial charge in [0.25, 0.3) is 10.0 Å². The summed E-state index contributed by atoms with van der Waals surface area (Å²) in [5.41, 5.74) is 5.70. The molecule has 3 aromatic rings. The molecule has 11 heteroatoms. The highest BCUT2D eigenvalue weighted by molar-refractivity contribution is 7.92. The number of nitrogens with zero attached hydrogens (tertiary/aromatic N) is 3. The van der Waals surface area contributed by atoms with Crippen molar-refractivity contribution in [2.24, 2.45) is 0 Å². The van der Waals surface area contributed by atoms with E-state index in [1.807, 2.05) is 6.07 Å². The molecule has 0 atom stereocenters. The number of nitriles is 1. The van der Waals surface area contributed by atoms with Gasteiger partial charge in [-0.25, -0.2) is 21.9 Å². The van der Waals surface area contributed by atoms with Gasteiger partial charge in [-0.15, -0.1) is 0 Å². The van der Waals surface area contributed by atoms with E-state index in [0.717, 1.165) is 12.3 Å². The highest BCUT2D eigenvalue weighted by Gasteiger charge is 2.23. The van der Waals surface area contributed by atoms with E-state index in [2.05, 4.69) is 14.8 Å². The van der Waals surface area contributed by atoms with Crippen molar-refractivity contribution in [1.82, 2.24) is 14.8 Å². The van der Waals surface area contributed by atoms with Crippen LogP contribution >= 0.6 is 0 Å². The van der Waals surface area contributed by atoms with Crippen LogP contribution in [0, 0.1) is 17.1 Å². The Bertz CT molecular complexity index is 1080. The van der Waals surface area contributed by atoms with Crippen molar-refractivity contribution in [2.45, 2.75) is 11.7 Å². The number of fused-ring (bicyclic) bond motifs is 1. The van der Waals surface area contributed by atoms with E-state index in [0.29, 0.717) is 4.68 Å². The summed E-state index contributed by atoms with van der Waals surface area (Å²) < 4.78 is 54.3. The molecule has 0 unspecified atom stereocenters. The lowest BCUT2D eigenvalue weighted by Crippen LogP contribution is -2.15. The molecule has 0 aliphatic heterocycles. The predicted octanol–water partition coefficient (Wildman–Crippen LogP) is 1.69. The maximum Gasteiger partial charge on any atom is 0.267 e. The minimum absolute atomic E-state index is 0.0142. The van der Waals surface area contributed by atoms with E-state index in [4.69, 9.17) is 11.0 Å². The molecule has 0 radical (unpaired) electrons. The Morgan fingerprint density at radius 1 is 1.46 bits per heavy atom. The number of aromatic nitrogens is 3. The van der Waals surface area contributed by atoms with Crippen LogP contribution in [0.3, 0.4) is 0 Å². The highest BCUT2D eigenvalue weighted by Crippen LogP contribution is 2.30. The molecule has 4 N–H and O–H groups in total. The number of nitrogens with two attached hydrogens (primary N) is 1. The number of anilines is 2. The molecule has 0 bridgehead atoms. The van der Waals surface area contributed by atoms with Crippen LogP contribution in [-0.4, -0.2) is 23.2 Å². The zero-order valence-electron chi connectivity index (χ0n) is 11.9. The number of H-pyrrole nitrogens is 1. The summed E-state index contributed by atoms with van der Waals surface area (Å²) in [4.78, 5) is 2.24. The molecule has 0 saturated heterocycles. The minimum Gasteiger partial charge on any atom is -0.383 e. The molecule has 0 spiro atoms. The quantitative estimate of drug-likeness (QED) is 0.658. The first-order chi connectivity index (χ1) is 11.4. The first kappa shape index (κ1) is 15.8. The number of alkyl halides is 1. The highest BCUT2D eigenvalue weighted by atomic mass is 32.2. The predicted molar refractivity (Wildman–Crippen MR) is 81.5 cm³/mol. The summed E-state index contributed by atoms with van der Waals surface area (Å²) in [5, 5.41) is 12.5. The van der Waals surface area contributed by atoms with Crippen LogP contribution in [0.5, 0.6) is 0 Å². The smallest absolute Gasteiger partial charge is 0.267 e. The van der Waals surface area contributed by atoms with E-state index in [1.165, 1.54) is 12.3 Å². The first-order valence-electron chi connectivity index (χ1n) is 6.48. The third-order valence-corrected chi connectivity index (χ3v) is 4.78. The Hall–Kier alpha value is -3.13. The average Bonchev–Trinajstić information content (AvgIpc) is 3.14. The van der Waals surface area contributed by atoms with E-state index in [-0.39, 0.29) is 28.0 Å². The van der Waals surface area contributed by atoms with Gasteiger partial charge in [0.1, 0.15) is 22.6 Å². The fourth-order valence-electron chi connectivity index (χ4n) is 2.26. The van der Waals surface area contributed by atoms with Gasteiger partial charge < -0.3 is 10.7 Å². The topological polar surface area (TPSA) is 130 Å². The van der Waals surface area contributed by atoms with E-state index >= 15 is 0 Å². The average molecular weight is 352 g/mol.